The summed E-state index contributed by atoms with van der Waals surface area (Å²) >= 11 is 0. The topological polar surface area (TPSA) is 3.24 Å². The van der Waals surface area contributed by atoms with Gasteiger partial charge in [-0.25, -0.2) is 0 Å². The third-order valence-electron chi connectivity index (χ3n) is 1.34. The summed E-state index contributed by atoms with van der Waals surface area (Å²) in [5.74, 6) is 0. The number of hydrogen-bond donors (Lipinski definition) is 0. The normalized spacial score (nSPS) is 7.20. The molecule has 0 N–H and O–H groups in total. The van der Waals surface area contributed by atoms with Gasteiger partial charge in [0.1, 0.15) is 0 Å². The van der Waals surface area contributed by atoms with Gasteiger partial charge in [-0.2, -0.15) is 0 Å². The van der Waals surface area contributed by atoms with Gasteiger partial charge in [0.15, 0.2) is 17.4 Å². The molecule has 0 saturated heterocycles. The Morgan fingerprint density at radius 1 is 0.800 bits per heavy atom. The van der Waals surface area contributed by atoms with Gasteiger partial charge in [0.25, 0.3) is 0 Å². The minimum atomic E-state index is 0. The Hall–Kier alpha value is 1.07. The SMILES string of the molecule is CCN(CC)CC.Cl.Cl.[AlH3]. The van der Waals surface area contributed by atoms with E-state index in [0.29, 0.717) is 0 Å². The second kappa shape index (κ2) is 16.6. The fraction of sp³-hybridized carbons (Fsp3) is 1.00. The highest BCUT2D eigenvalue weighted by molar-refractivity contribution is 5.85. The van der Waals surface area contributed by atoms with Crippen LogP contribution in [-0.2, 0) is 0 Å². The molecule has 0 aliphatic rings. The Morgan fingerprint density at radius 3 is 1.00 bits per heavy atom. The van der Waals surface area contributed by atoms with Crippen LogP contribution in [0.2, 0.25) is 0 Å². The molecule has 0 bridgehead atoms. The molecular formula is C6H20AlCl2N. The Morgan fingerprint density at radius 2 is 1.00 bits per heavy atom. The van der Waals surface area contributed by atoms with Crippen molar-refractivity contribution < 1.29 is 0 Å². The smallest absolute Gasteiger partial charge is 0.187 e. The minimum Gasteiger partial charge on any atom is -0.304 e. The van der Waals surface area contributed by atoms with E-state index in [4.69, 9.17) is 0 Å². The molecule has 0 fully saturated rings. The number of hydrogen-bond acceptors (Lipinski definition) is 1. The zero-order chi connectivity index (χ0) is 5.70. The first-order valence-electron chi connectivity index (χ1n) is 3.07. The van der Waals surface area contributed by atoms with Crippen LogP contribution in [0, 0.1) is 0 Å². The Kier molecular flexibility index (Phi) is 37.2. The minimum absolute atomic E-state index is 0. The third kappa shape index (κ3) is 11.8. The highest BCUT2D eigenvalue weighted by Crippen LogP contribution is 1.81. The van der Waals surface area contributed by atoms with Gasteiger partial charge in [-0.3, -0.25) is 0 Å². The van der Waals surface area contributed by atoms with Crippen molar-refractivity contribution in [2.24, 2.45) is 0 Å². The zero-order valence-corrected chi connectivity index (χ0v) is 8.02. The van der Waals surface area contributed by atoms with Crippen molar-refractivity contribution in [3.8, 4) is 0 Å². The van der Waals surface area contributed by atoms with Gasteiger partial charge >= 0.3 is 0 Å². The van der Waals surface area contributed by atoms with Crippen molar-refractivity contribution in [1.82, 2.24) is 4.90 Å². The van der Waals surface area contributed by atoms with E-state index in [1.807, 2.05) is 0 Å². The maximum atomic E-state index is 2.38. The van der Waals surface area contributed by atoms with E-state index in [1.165, 1.54) is 19.6 Å². The lowest BCUT2D eigenvalue weighted by atomic mass is 10.5. The van der Waals surface area contributed by atoms with Crippen molar-refractivity contribution in [3.63, 3.8) is 0 Å². The van der Waals surface area contributed by atoms with E-state index in [2.05, 4.69) is 25.7 Å². The molecule has 0 atom stereocenters. The largest absolute Gasteiger partial charge is 0.304 e. The number of rotatable bonds is 3. The van der Waals surface area contributed by atoms with Crippen LogP contribution in [-0.4, -0.2) is 41.9 Å². The molecule has 0 aliphatic heterocycles. The van der Waals surface area contributed by atoms with E-state index < -0.39 is 0 Å². The molecule has 0 aromatic carbocycles. The first-order chi connectivity index (χ1) is 3.35. The number of halogens is 2. The van der Waals surface area contributed by atoms with E-state index in [9.17, 15) is 0 Å². The maximum absolute atomic E-state index is 2.38. The van der Waals surface area contributed by atoms with Crippen LogP contribution in [0.3, 0.4) is 0 Å². The highest BCUT2D eigenvalue weighted by Gasteiger charge is 1.89. The molecule has 1 nitrogen and oxygen atoms in total. The molecular weight excluding hydrogens is 184 g/mol. The Bertz CT molecular complexity index is 37.2. The van der Waals surface area contributed by atoms with Crippen LogP contribution in [0.4, 0.5) is 0 Å². The molecule has 66 valence electrons. The average molecular weight is 204 g/mol. The highest BCUT2D eigenvalue weighted by atomic mass is 35.5. The standard InChI is InChI=1S/C6H15N.Al.2ClH.3H/c1-4-7(5-2)6-3;;;;;;/h4-6H2,1-3H3;;2*1H;;;. The van der Waals surface area contributed by atoms with Gasteiger partial charge in [0.2, 0.25) is 0 Å². The molecule has 4 heteroatoms. The molecule has 0 aromatic rings. The molecule has 0 saturated carbocycles. The zero-order valence-electron chi connectivity index (χ0n) is 6.39. The van der Waals surface area contributed by atoms with Crippen LogP contribution >= 0.6 is 24.8 Å². The van der Waals surface area contributed by atoms with E-state index in [1.54, 1.807) is 0 Å². The molecule has 0 aromatic heterocycles. The molecule has 0 heterocycles. The monoisotopic (exact) mass is 203 g/mol. The van der Waals surface area contributed by atoms with Crippen LogP contribution in [0.25, 0.3) is 0 Å². The van der Waals surface area contributed by atoms with Crippen molar-refractivity contribution in [3.05, 3.63) is 0 Å². The van der Waals surface area contributed by atoms with E-state index in [0.717, 1.165) is 0 Å². The molecule has 0 aliphatic carbocycles. The van der Waals surface area contributed by atoms with Crippen LogP contribution in [0.1, 0.15) is 20.8 Å². The summed E-state index contributed by atoms with van der Waals surface area (Å²) < 4.78 is 0. The maximum Gasteiger partial charge on any atom is 0.187 e. The lowest BCUT2D eigenvalue weighted by Gasteiger charge is -2.13. The van der Waals surface area contributed by atoms with Crippen molar-refractivity contribution in [2.75, 3.05) is 19.6 Å². The lowest BCUT2D eigenvalue weighted by molar-refractivity contribution is 0.321. The first kappa shape index (κ1) is 22.5. The van der Waals surface area contributed by atoms with Crippen LogP contribution in [0.5, 0.6) is 0 Å². The molecule has 0 amide bonds. The van der Waals surface area contributed by atoms with Crippen LogP contribution < -0.4 is 0 Å². The summed E-state index contributed by atoms with van der Waals surface area (Å²) in [7, 11) is 0. The summed E-state index contributed by atoms with van der Waals surface area (Å²) in [6, 6.07) is 0. The van der Waals surface area contributed by atoms with Crippen molar-refractivity contribution >= 4 is 42.2 Å². The quantitative estimate of drug-likeness (QED) is 0.620. The van der Waals surface area contributed by atoms with Crippen molar-refractivity contribution in [1.29, 1.82) is 0 Å². The van der Waals surface area contributed by atoms with Gasteiger partial charge in [0.05, 0.1) is 0 Å². The number of nitrogens with zero attached hydrogens (tertiary/aromatic N) is 1. The van der Waals surface area contributed by atoms with E-state index >= 15 is 0 Å². The molecule has 0 rings (SSSR count). The lowest BCUT2D eigenvalue weighted by Crippen LogP contribution is -2.21. The predicted molar refractivity (Wildman–Crippen MR) is 57.9 cm³/mol. The molecule has 0 unspecified atom stereocenters. The molecule has 0 radical (unpaired) electrons. The first-order valence-corrected chi connectivity index (χ1v) is 3.07. The average Bonchev–Trinajstić information content (AvgIpc) is 1.72. The van der Waals surface area contributed by atoms with Gasteiger partial charge < -0.3 is 4.90 Å². The Balaban J connectivity index is -0.0000000600. The summed E-state index contributed by atoms with van der Waals surface area (Å²) in [6.45, 7) is 10.1. The predicted octanol–water partition coefficient (Wildman–Crippen LogP) is 1.01. The second-order valence-corrected chi connectivity index (χ2v) is 1.62. The van der Waals surface area contributed by atoms with Gasteiger partial charge in [0, 0.05) is 0 Å². The summed E-state index contributed by atoms with van der Waals surface area (Å²) in [4.78, 5) is 2.38. The summed E-state index contributed by atoms with van der Waals surface area (Å²) in [6.07, 6.45) is 0. The molecule has 10 heavy (non-hydrogen) atoms. The van der Waals surface area contributed by atoms with Gasteiger partial charge in [-0.1, -0.05) is 20.8 Å². The van der Waals surface area contributed by atoms with Gasteiger partial charge in [-0.15, -0.1) is 24.8 Å². The van der Waals surface area contributed by atoms with Crippen LogP contribution in [0.15, 0.2) is 0 Å². The van der Waals surface area contributed by atoms with Crippen molar-refractivity contribution in [2.45, 2.75) is 20.8 Å². The fourth-order valence-electron chi connectivity index (χ4n) is 0.671. The summed E-state index contributed by atoms with van der Waals surface area (Å²) in [5.41, 5.74) is 0. The van der Waals surface area contributed by atoms with E-state index in [-0.39, 0.29) is 42.2 Å². The molecule has 0 spiro atoms. The Labute approximate surface area is 87.5 Å². The van der Waals surface area contributed by atoms with Gasteiger partial charge in [-0.05, 0) is 19.6 Å². The third-order valence-corrected chi connectivity index (χ3v) is 1.34. The second-order valence-electron chi connectivity index (χ2n) is 1.62. The fourth-order valence-corrected chi connectivity index (χ4v) is 0.671. The summed E-state index contributed by atoms with van der Waals surface area (Å²) in [5, 5.41) is 0.